The summed E-state index contributed by atoms with van der Waals surface area (Å²) in [6.07, 6.45) is 2.02. The molecule has 0 N–H and O–H groups in total. The van der Waals surface area contributed by atoms with Gasteiger partial charge in [0.15, 0.2) is 0 Å². The molecule has 0 amide bonds. The van der Waals surface area contributed by atoms with Gasteiger partial charge in [-0.1, -0.05) is 53.3 Å². The van der Waals surface area contributed by atoms with Crippen molar-refractivity contribution in [1.29, 1.82) is 0 Å². The van der Waals surface area contributed by atoms with Gasteiger partial charge >= 0.3 is 5.97 Å². The minimum absolute atomic E-state index is 0.250. The molecule has 30 heavy (non-hydrogen) atoms. The molecule has 7 heteroatoms. The molecule has 3 aromatic rings. The van der Waals surface area contributed by atoms with Crippen LogP contribution >= 0.6 is 22.9 Å². The van der Waals surface area contributed by atoms with Crippen LogP contribution in [0.4, 0.5) is 5.00 Å². The molecule has 2 aromatic carbocycles. The average Bonchev–Trinajstić information content (AvgIpc) is 3.16. The summed E-state index contributed by atoms with van der Waals surface area (Å²) >= 11 is 7.69. The highest BCUT2D eigenvalue weighted by Gasteiger charge is 2.28. The third-order valence-electron chi connectivity index (χ3n) is 5.31. The summed E-state index contributed by atoms with van der Waals surface area (Å²) in [5.41, 5.74) is 2.64. The van der Waals surface area contributed by atoms with E-state index in [4.69, 9.17) is 21.4 Å². The topological polar surface area (TPSA) is 45.7 Å². The smallest absolute Gasteiger partial charge is 0.357 e. The van der Waals surface area contributed by atoms with Crippen LogP contribution in [-0.2, 0) is 4.84 Å². The molecule has 1 aliphatic rings. The van der Waals surface area contributed by atoms with Crippen molar-refractivity contribution >= 4 is 33.9 Å². The van der Waals surface area contributed by atoms with Gasteiger partial charge in [-0.2, -0.15) is 0 Å². The zero-order valence-corrected chi connectivity index (χ0v) is 18.6. The number of carbonyl (C=O) groups is 1. The van der Waals surface area contributed by atoms with E-state index in [-0.39, 0.29) is 12.0 Å². The van der Waals surface area contributed by atoms with Gasteiger partial charge in [-0.05, 0) is 44.0 Å². The third kappa shape index (κ3) is 4.67. The second-order valence-electron chi connectivity index (χ2n) is 7.46. The van der Waals surface area contributed by atoms with E-state index in [0.29, 0.717) is 12.1 Å². The van der Waals surface area contributed by atoms with Crippen LogP contribution in [0.15, 0.2) is 54.6 Å². The lowest BCUT2D eigenvalue weighted by molar-refractivity contribution is -0.123. The summed E-state index contributed by atoms with van der Waals surface area (Å²) in [5, 5.41) is 4.63. The summed E-state index contributed by atoms with van der Waals surface area (Å²) in [5.74, 6) is -0.308. The Balaban J connectivity index is 1.45. The number of piperidine rings is 1. The fourth-order valence-electron chi connectivity index (χ4n) is 3.66. The molecule has 1 aliphatic heterocycles. The number of benzene rings is 2. The van der Waals surface area contributed by atoms with Gasteiger partial charge in [0.2, 0.25) is 0 Å². The van der Waals surface area contributed by atoms with Crippen molar-refractivity contribution in [3.63, 3.8) is 0 Å². The minimum atomic E-state index is -0.308. The normalized spacial score (nSPS) is 17.0. The van der Waals surface area contributed by atoms with Crippen LogP contribution in [0.25, 0.3) is 10.6 Å². The zero-order valence-electron chi connectivity index (χ0n) is 17.0. The molecular formula is C23H24ClN3O2S. The number of aromatic nitrogens is 1. The quantitative estimate of drug-likeness (QED) is 0.527. The number of nitrogens with zero attached hydrogens (tertiary/aromatic N) is 3. The van der Waals surface area contributed by atoms with Crippen molar-refractivity contribution in [1.82, 2.24) is 10.0 Å². The molecular weight excluding hydrogens is 418 g/mol. The fourth-order valence-corrected chi connectivity index (χ4v) is 4.89. The van der Waals surface area contributed by atoms with E-state index in [2.05, 4.69) is 11.9 Å². The maximum atomic E-state index is 12.4. The number of halogens is 1. The molecule has 0 radical (unpaired) electrons. The average molecular weight is 442 g/mol. The van der Waals surface area contributed by atoms with Crippen LogP contribution in [0.2, 0.25) is 5.02 Å². The van der Waals surface area contributed by atoms with Crippen LogP contribution < -0.4 is 4.90 Å². The zero-order chi connectivity index (χ0) is 21.1. The van der Waals surface area contributed by atoms with Gasteiger partial charge in [-0.3, -0.25) is 0 Å². The molecule has 4 rings (SSSR count). The maximum absolute atomic E-state index is 12.4. The van der Waals surface area contributed by atoms with E-state index in [1.807, 2.05) is 49.4 Å². The fraction of sp³-hybridized carbons (Fsp3) is 0.304. The van der Waals surface area contributed by atoms with E-state index in [9.17, 15) is 4.79 Å². The first-order valence-electron chi connectivity index (χ1n) is 10.00. The monoisotopic (exact) mass is 441 g/mol. The summed E-state index contributed by atoms with van der Waals surface area (Å²) in [7, 11) is 2.10. The first-order chi connectivity index (χ1) is 14.5. The van der Waals surface area contributed by atoms with Gasteiger partial charge < -0.3 is 9.74 Å². The predicted molar refractivity (Wildman–Crippen MR) is 122 cm³/mol. The predicted octanol–water partition coefficient (Wildman–Crippen LogP) is 5.44. The largest absolute Gasteiger partial charge is 0.364 e. The summed E-state index contributed by atoms with van der Waals surface area (Å²) in [6, 6.07) is 17.1. The second kappa shape index (κ2) is 9.16. The van der Waals surface area contributed by atoms with Crippen molar-refractivity contribution in [3.8, 4) is 10.6 Å². The number of likely N-dealkylation sites (N-methyl/N-ethyl adjacent to an activating group) is 1. The number of hydrogen-bond acceptors (Lipinski definition) is 6. The molecule has 156 valence electrons. The number of aryl methyl sites for hydroxylation is 1. The molecule has 5 nitrogen and oxygen atoms in total. The molecule has 0 saturated carbocycles. The Kier molecular flexibility index (Phi) is 6.37. The van der Waals surface area contributed by atoms with E-state index < -0.39 is 0 Å². The van der Waals surface area contributed by atoms with Crippen LogP contribution in [0.1, 0.15) is 28.9 Å². The van der Waals surface area contributed by atoms with Crippen LogP contribution in [0, 0.1) is 6.92 Å². The lowest BCUT2D eigenvalue weighted by atomic mass is 10.1. The van der Waals surface area contributed by atoms with Crippen molar-refractivity contribution in [2.75, 3.05) is 25.0 Å². The Morgan fingerprint density at radius 1 is 1.20 bits per heavy atom. The summed E-state index contributed by atoms with van der Waals surface area (Å²) in [4.78, 5) is 25.1. The number of carbonyl (C=O) groups excluding carboxylic acids is 1. The van der Waals surface area contributed by atoms with E-state index >= 15 is 0 Å². The lowest BCUT2D eigenvalue weighted by Gasteiger charge is -2.36. The molecule has 1 aromatic heterocycles. The molecule has 0 bridgehead atoms. The molecule has 1 unspecified atom stereocenters. The molecule has 1 saturated heterocycles. The minimum Gasteiger partial charge on any atom is -0.364 e. The molecule has 2 heterocycles. The van der Waals surface area contributed by atoms with Crippen LogP contribution in [-0.4, -0.2) is 42.2 Å². The first kappa shape index (κ1) is 20.8. The number of hydroxylamine groups is 2. The van der Waals surface area contributed by atoms with Crippen LogP contribution in [0.3, 0.4) is 0 Å². The van der Waals surface area contributed by atoms with Crippen molar-refractivity contribution in [2.45, 2.75) is 25.8 Å². The highest BCUT2D eigenvalue weighted by Crippen LogP contribution is 2.36. The number of rotatable bonds is 5. The van der Waals surface area contributed by atoms with E-state index in [0.717, 1.165) is 45.7 Å². The Labute approximate surface area is 185 Å². The van der Waals surface area contributed by atoms with Gasteiger partial charge in [0, 0.05) is 30.2 Å². The van der Waals surface area contributed by atoms with Gasteiger partial charge in [0.05, 0.1) is 17.8 Å². The lowest BCUT2D eigenvalue weighted by Crippen LogP contribution is -2.47. The van der Waals surface area contributed by atoms with Gasteiger partial charge in [0.25, 0.3) is 0 Å². The van der Waals surface area contributed by atoms with Gasteiger partial charge in [0.1, 0.15) is 10.0 Å². The highest BCUT2D eigenvalue weighted by atomic mass is 35.5. The Morgan fingerprint density at radius 3 is 2.67 bits per heavy atom. The van der Waals surface area contributed by atoms with Gasteiger partial charge in [-0.25, -0.2) is 9.78 Å². The molecule has 0 spiro atoms. The van der Waals surface area contributed by atoms with Crippen molar-refractivity contribution < 1.29 is 9.63 Å². The first-order valence-corrected chi connectivity index (χ1v) is 11.2. The van der Waals surface area contributed by atoms with Crippen molar-refractivity contribution in [2.24, 2.45) is 0 Å². The Bertz CT molecular complexity index is 1010. The standard InChI is InChI=1S/C23H24ClN3O2S/c1-16-22(30-21(25-16)17-10-12-19(24)13-11-17)26(2)20-9-6-14-27(15-20)29-23(28)18-7-4-3-5-8-18/h3-5,7-8,10-13,20H,6,9,14-15H2,1-2H3. The summed E-state index contributed by atoms with van der Waals surface area (Å²) < 4.78 is 0. The number of hydrogen-bond donors (Lipinski definition) is 0. The Hall–Kier alpha value is -2.41. The highest BCUT2D eigenvalue weighted by molar-refractivity contribution is 7.19. The second-order valence-corrected chi connectivity index (χ2v) is 8.87. The van der Waals surface area contributed by atoms with E-state index in [1.165, 1.54) is 0 Å². The maximum Gasteiger partial charge on any atom is 0.357 e. The number of thiazole rings is 1. The van der Waals surface area contributed by atoms with E-state index in [1.54, 1.807) is 28.5 Å². The van der Waals surface area contributed by atoms with Crippen molar-refractivity contribution in [3.05, 3.63) is 70.9 Å². The Morgan fingerprint density at radius 2 is 1.93 bits per heavy atom. The SMILES string of the molecule is Cc1nc(-c2ccc(Cl)cc2)sc1N(C)C1CCCN(OC(=O)c2ccccc2)C1. The molecule has 1 fully saturated rings. The third-order valence-corrected chi connectivity index (χ3v) is 6.86. The molecule has 1 atom stereocenters. The summed E-state index contributed by atoms with van der Waals surface area (Å²) in [6.45, 7) is 3.46. The van der Waals surface area contributed by atoms with Crippen LogP contribution in [0.5, 0.6) is 0 Å². The van der Waals surface area contributed by atoms with Gasteiger partial charge in [-0.15, -0.1) is 5.06 Å². The number of anilines is 1. The molecule has 0 aliphatic carbocycles.